The van der Waals surface area contributed by atoms with Crippen LogP contribution in [0.2, 0.25) is 0 Å². The molecule has 0 aromatic heterocycles. The lowest BCUT2D eigenvalue weighted by atomic mass is 10.1. The minimum atomic E-state index is -3.08. The van der Waals surface area contributed by atoms with E-state index in [2.05, 4.69) is 17.1 Å². The molecule has 2 atom stereocenters. The van der Waals surface area contributed by atoms with Crippen LogP contribution in [0.3, 0.4) is 0 Å². The molecule has 0 spiro atoms. The Labute approximate surface area is 150 Å². The minimum Gasteiger partial charge on any atom is -0.315 e. The van der Waals surface area contributed by atoms with Crippen molar-refractivity contribution in [3.05, 3.63) is 66.0 Å². The topological polar surface area (TPSA) is 49.7 Å². The summed E-state index contributed by atoms with van der Waals surface area (Å²) in [6.07, 6.45) is 0. The largest absolute Gasteiger partial charge is 0.315 e. The fourth-order valence-corrected chi connectivity index (χ4v) is 6.18. The number of amidine groups is 1. The van der Waals surface area contributed by atoms with Crippen LogP contribution in [0.25, 0.3) is 0 Å². The summed E-state index contributed by atoms with van der Waals surface area (Å²) < 4.78 is 37.3. The first kappa shape index (κ1) is 16.6. The molecule has 0 radical (unpaired) electrons. The number of sulfone groups is 1. The fraction of sp³-hybridized carbons (Fsp3) is 0.278. The molecule has 0 unspecified atom stereocenters. The van der Waals surface area contributed by atoms with Crippen LogP contribution in [0.15, 0.2) is 59.6 Å². The number of thioether (sulfide) groups is 1. The fourth-order valence-electron chi connectivity index (χ4n) is 3.26. The van der Waals surface area contributed by atoms with Gasteiger partial charge in [-0.15, -0.1) is 0 Å². The van der Waals surface area contributed by atoms with Crippen LogP contribution in [-0.4, -0.2) is 37.2 Å². The molecule has 1 fully saturated rings. The average molecular weight is 376 g/mol. The molecule has 2 heterocycles. The first-order valence-corrected chi connectivity index (χ1v) is 10.8. The van der Waals surface area contributed by atoms with Crippen molar-refractivity contribution < 1.29 is 12.8 Å². The Morgan fingerprint density at radius 2 is 1.80 bits per heavy atom. The lowest BCUT2D eigenvalue weighted by Crippen LogP contribution is -2.39. The summed E-state index contributed by atoms with van der Waals surface area (Å²) >= 11 is 1.59. The summed E-state index contributed by atoms with van der Waals surface area (Å²) in [5.41, 5.74) is 1.96. The maximum atomic E-state index is 13.3. The third kappa shape index (κ3) is 3.43. The van der Waals surface area contributed by atoms with Gasteiger partial charge in [0.2, 0.25) is 0 Å². The first-order valence-electron chi connectivity index (χ1n) is 8.02. The maximum absolute atomic E-state index is 13.3. The van der Waals surface area contributed by atoms with Crippen molar-refractivity contribution in [2.75, 3.05) is 16.4 Å². The van der Waals surface area contributed by atoms with Crippen LogP contribution in [0.4, 0.5) is 10.1 Å². The lowest BCUT2D eigenvalue weighted by Gasteiger charge is -2.26. The molecule has 2 aromatic rings. The third-order valence-electron chi connectivity index (χ3n) is 4.42. The van der Waals surface area contributed by atoms with E-state index in [1.165, 1.54) is 17.7 Å². The number of aliphatic imine (C=N–C) groups is 1. The molecular weight excluding hydrogens is 359 g/mol. The van der Waals surface area contributed by atoms with Crippen LogP contribution in [0, 0.1) is 5.82 Å². The molecule has 7 heteroatoms. The zero-order valence-electron chi connectivity index (χ0n) is 13.4. The number of nitrogens with zero attached hydrogens (tertiary/aromatic N) is 2. The molecule has 2 aromatic carbocycles. The van der Waals surface area contributed by atoms with Gasteiger partial charge in [-0.2, -0.15) is 0 Å². The molecule has 0 saturated carbocycles. The second-order valence-electron chi connectivity index (χ2n) is 6.24. The van der Waals surface area contributed by atoms with Crippen molar-refractivity contribution in [3.8, 4) is 0 Å². The Kier molecular flexibility index (Phi) is 4.29. The van der Waals surface area contributed by atoms with Gasteiger partial charge in [0.25, 0.3) is 0 Å². The van der Waals surface area contributed by atoms with Gasteiger partial charge in [-0.25, -0.2) is 12.8 Å². The molecule has 2 aliphatic heterocycles. The Balaban J connectivity index is 1.62. The van der Waals surface area contributed by atoms with E-state index >= 15 is 0 Å². The summed E-state index contributed by atoms with van der Waals surface area (Å²) in [7, 11) is -3.08. The number of anilines is 1. The van der Waals surface area contributed by atoms with E-state index in [4.69, 9.17) is 0 Å². The number of hydrogen-bond donors (Lipinski definition) is 0. The minimum absolute atomic E-state index is 0.0881. The van der Waals surface area contributed by atoms with Crippen LogP contribution in [0.1, 0.15) is 5.56 Å². The van der Waals surface area contributed by atoms with Crippen LogP contribution in [-0.2, 0) is 15.6 Å². The van der Waals surface area contributed by atoms with E-state index in [0.717, 1.165) is 16.6 Å². The van der Waals surface area contributed by atoms with Crippen LogP contribution in [0.5, 0.6) is 0 Å². The zero-order chi connectivity index (χ0) is 17.4. The van der Waals surface area contributed by atoms with Gasteiger partial charge in [-0.05, 0) is 29.8 Å². The van der Waals surface area contributed by atoms with Crippen LogP contribution >= 0.6 is 11.8 Å². The molecule has 0 N–H and O–H groups in total. The molecule has 0 aliphatic carbocycles. The van der Waals surface area contributed by atoms with Crippen molar-refractivity contribution in [1.82, 2.24) is 0 Å². The molecule has 4 nitrogen and oxygen atoms in total. The Morgan fingerprint density at radius 1 is 1.08 bits per heavy atom. The molecule has 1 saturated heterocycles. The van der Waals surface area contributed by atoms with Crippen molar-refractivity contribution >= 4 is 32.5 Å². The lowest BCUT2D eigenvalue weighted by molar-refractivity contribution is 0.601. The van der Waals surface area contributed by atoms with Gasteiger partial charge >= 0.3 is 0 Å². The number of fused-ring (bicyclic) bond motifs is 1. The molecule has 25 heavy (non-hydrogen) atoms. The molecule has 130 valence electrons. The van der Waals surface area contributed by atoms with Crippen molar-refractivity contribution in [1.29, 1.82) is 0 Å². The van der Waals surface area contributed by atoms with Gasteiger partial charge in [0.05, 0.1) is 23.6 Å². The molecular formula is C18H17FN2O2S2. The standard InChI is InChI=1S/C18H17FN2O2S2/c19-14-6-8-15(9-7-14)21-17-12-25(22,23)11-16(17)20-18(21)24-10-13-4-2-1-3-5-13/h1-9,16-17H,10-12H2/t16-,17+/m0/s1. The normalized spacial score (nSPS) is 24.2. The summed E-state index contributed by atoms with van der Waals surface area (Å²) in [4.78, 5) is 6.63. The smallest absolute Gasteiger partial charge is 0.164 e. The van der Waals surface area contributed by atoms with Crippen molar-refractivity contribution in [3.63, 3.8) is 0 Å². The van der Waals surface area contributed by atoms with Gasteiger partial charge in [-0.3, -0.25) is 4.99 Å². The quantitative estimate of drug-likeness (QED) is 0.826. The van der Waals surface area contributed by atoms with Gasteiger partial charge in [0.15, 0.2) is 15.0 Å². The number of hydrogen-bond acceptors (Lipinski definition) is 5. The Morgan fingerprint density at radius 3 is 2.52 bits per heavy atom. The second-order valence-corrected chi connectivity index (χ2v) is 9.34. The summed E-state index contributed by atoms with van der Waals surface area (Å²) in [5, 5.41) is 0.806. The average Bonchev–Trinajstić information content (AvgIpc) is 3.06. The molecule has 0 amide bonds. The van der Waals surface area contributed by atoms with E-state index < -0.39 is 9.84 Å². The first-order chi connectivity index (χ1) is 12.0. The van der Waals surface area contributed by atoms with Crippen LogP contribution < -0.4 is 4.90 Å². The highest BCUT2D eigenvalue weighted by Crippen LogP contribution is 2.35. The molecule has 0 bridgehead atoms. The number of benzene rings is 2. The molecule has 4 rings (SSSR count). The predicted octanol–water partition coefficient (Wildman–Crippen LogP) is 3.10. The SMILES string of the molecule is O=S1(=O)C[C@@H]2N=C(SCc3ccccc3)N(c3ccc(F)cc3)[C@@H]2C1. The zero-order valence-corrected chi connectivity index (χ0v) is 15.0. The van der Waals surface area contributed by atoms with E-state index in [1.54, 1.807) is 23.9 Å². The Hall–Kier alpha value is -1.86. The highest BCUT2D eigenvalue weighted by atomic mass is 32.2. The monoisotopic (exact) mass is 376 g/mol. The van der Waals surface area contributed by atoms with E-state index in [1.807, 2.05) is 23.1 Å². The predicted molar refractivity (Wildman–Crippen MR) is 100 cm³/mol. The highest BCUT2D eigenvalue weighted by Gasteiger charge is 2.47. The van der Waals surface area contributed by atoms with E-state index in [9.17, 15) is 12.8 Å². The summed E-state index contributed by atoms with van der Waals surface area (Å²) in [6.45, 7) is 0. The van der Waals surface area contributed by atoms with Crippen molar-refractivity contribution in [2.45, 2.75) is 17.8 Å². The van der Waals surface area contributed by atoms with Crippen molar-refractivity contribution in [2.24, 2.45) is 4.99 Å². The van der Waals surface area contributed by atoms with Gasteiger partial charge in [0.1, 0.15) is 5.82 Å². The number of rotatable bonds is 3. The van der Waals surface area contributed by atoms with Gasteiger partial charge in [0, 0.05) is 11.4 Å². The Bertz CT molecular complexity index is 898. The van der Waals surface area contributed by atoms with Gasteiger partial charge < -0.3 is 4.90 Å². The number of halogens is 1. The highest BCUT2D eigenvalue weighted by molar-refractivity contribution is 8.13. The van der Waals surface area contributed by atoms with E-state index in [-0.39, 0.29) is 29.4 Å². The van der Waals surface area contributed by atoms with E-state index in [0.29, 0.717) is 0 Å². The van der Waals surface area contributed by atoms with Gasteiger partial charge in [-0.1, -0.05) is 42.1 Å². The summed E-state index contributed by atoms with van der Waals surface area (Å²) in [5.74, 6) is 0.622. The molecule has 2 aliphatic rings. The maximum Gasteiger partial charge on any atom is 0.164 e. The third-order valence-corrected chi connectivity index (χ3v) is 7.16. The summed E-state index contributed by atoms with van der Waals surface area (Å²) in [6, 6.07) is 15.8. The second kappa shape index (κ2) is 6.46.